The molecule has 102 valence electrons. The maximum Gasteiger partial charge on any atom is 0.153 e. The van der Waals surface area contributed by atoms with Gasteiger partial charge in [0.1, 0.15) is 11.5 Å². The zero-order valence-electron chi connectivity index (χ0n) is 10.6. The van der Waals surface area contributed by atoms with Crippen molar-refractivity contribution in [2.24, 2.45) is 7.05 Å². The monoisotopic (exact) mass is 291 g/mol. The smallest absolute Gasteiger partial charge is 0.153 e. The molecule has 0 amide bonds. The van der Waals surface area contributed by atoms with Crippen LogP contribution in [0.25, 0.3) is 22.5 Å². The minimum absolute atomic E-state index is 0.178. The second kappa shape index (κ2) is 4.64. The topological polar surface area (TPSA) is 72.5 Å². The Morgan fingerprint density at radius 2 is 2.15 bits per heavy atom. The fraction of sp³-hybridized carbons (Fsp3) is 0.0769. The Morgan fingerprint density at radius 3 is 2.80 bits per heavy atom. The van der Waals surface area contributed by atoms with Crippen LogP contribution in [-0.2, 0) is 7.05 Å². The van der Waals surface area contributed by atoms with Crippen molar-refractivity contribution in [3.05, 3.63) is 41.6 Å². The summed E-state index contributed by atoms with van der Waals surface area (Å²) >= 11 is 6.09. The number of imidazole rings is 1. The van der Waals surface area contributed by atoms with Crippen molar-refractivity contribution in [1.82, 2.24) is 19.7 Å². The van der Waals surface area contributed by atoms with Crippen LogP contribution >= 0.6 is 11.6 Å². The van der Waals surface area contributed by atoms with Crippen LogP contribution in [0, 0.1) is 5.82 Å². The Balaban J connectivity index is 2.27. The van der Waals surface area contributed by atoms with Gasteiger partial charge in [-0.15, -0.1) is 0 Å². The molecule has 0 aliphatic rings. The maximum atomic E-state index is 14.1. The number of aromatic amines is 1. The molecular formula is C13H11ClFN5. The van der Waals surface area contributed by atoms with Crippen molar-refractivity contribution in [2.45, 2.75) is 0 Å². The van der Waals surface area contributed by atoms with Crippen molar-refractivity contribution in [2.75, 3.05) is 5.73 Å². The molecule has 0 fully saturated rings. The fourth-order valence-corrected chi connectivity index (χ4v) is 2.33. The number of hydrogen-bond donors (Lipinski definition) is 2. The van der Waals surface area contributed by atoms with Gasteiger partial charge in [-0.25, -0.2) is 9.37 Å². The first-order valence-corrected chi connectivity index (χ1v) is 6.22. The van der Waals surface area contributed by atoms with E-state index in [1.165, 1.54) is 12.1 Å². The third kappa shape index (κ3) is 1.94. The number of benzene rings is 1. The summed E-state index contributed by atoms with van der Waals surface area (Å²) in [6.07, 6.45) is 3.42. The first kappa shape index (κ1) is 12.7. The lowest BCUT2D eigenvalue weighted by Crippen LogP contribution is -1.92. The summed E-state index contributed by atoms with van der Waals surface area (Å²) in [5.74, 6) is -0.277. The molecule has 0 saturated carbocycles. The average Bonchev–Trinajstić information content (AvgIpc) is 2.97. The quantitative estimate of drug-likeness (QED) is 0.762. The molecule has 7 heteroatoms. The number of hydrogen-bond acceptors (Lipinski definition) is 3. The zero-order chi connectivity index (χ0) is 14.3. The minimum Gasteiger partial charge on any atom is -0.382 e. The second-order valence-corrected chi connectivity index (χ2v) is 4.79. The van der Waals surface area contributed by atoms with Gasteiger partial charge in [0, 0.05) is 18.8 Å². The van der Waals surface area contributed by atoms with Gasteiger partial charge in [0.25, 0.3) is 0 Å². The van der Waals surface area contributed by atoms with Crippen molar-refractivity contribution in [3.63, 3.8) is 0 Å². The molecule has 0 atom stereocenters. The minimum atomic E-state index is -0.456. The third-order valence-corrected chi connectivity index (χ3v) is 3.28. The summed E-state index contributed by atoms with van der Waals surface area (Å²) in [7, 11) is 1.84. The number of halogens is 2. The highest BCUT2D eigenvalue weighted by atomic mass is 35.5. The molecule has 0 bridgehead atoms. The summed E-state index contributed by atoms with van der Waals surface area (Å²) in [5.41, 5.74) is 7.65. The summed E-state index contributed by atoms with van der Waals surface area (Å²) in [4.78, 5) is 4.22. The molecule has 0 saturated heterocycles. The third-order valence-electron chi connectivity index (χ3n) is 2.97. The van der Waals surface area contributed by atoms with E-state index >= 15 is 0 Å². The lowest BCUT2D eigenvalue weighted by molar-refractivity contribution is 0.631. The summed E-state index contributed by atoms with van der Waals surface area (Å²) in [6.45, 7) is 0. The van der Waals surface area contributed by atoms with Crippen LogP contribution in [0.1, 0.15) is 0 Å². The standard InChI is InChI=1S/C13H11ClFN5/c1-20-5-9(17-6-20)12-11(13(16)19-18-12)10-7(14)3-2-4-8(10)15/h2-6H,1H3,(H3,16,18,19). The molecule has 3 rings (SSSR count). The predicted octanol–water partition coefficient (Wildman–Crippen LogP) is 2.85. The van der Waals surface area contributed by atoms with Crippen LogP contribution in [0.2, 0.25) is 5.02 Å². The number of anilines is 1. The SMILES string of the molecule is Cn1cnc(-c2[nH]nc(N)c2-c2c(F)cccc2Cl)c1. The number of nitrogens with zero attached hydrogens (tertiary/aromatic N) is 3. The molecule has 20 heavy (non-hydrogen) atoms. The van der Waals surface area contributed by atoms with E-state index in [2.05, 4.69) is 15.2 Å². The van der Waals surface area contributed by atoms with E-state index in [0.717, 1.165) is 0 Å². The largest absolute Gasteiger partial charge is 0.382 e. The highest BCUT2D eigenvalue weighted by molar-refractivity contribution is 6.33. The number of nitrogens with one attached hydrogen (secondary N) is 1. The van der Waals surface area contributed by atoms with Gasteiger partial charge in [-0.05, 0) is 12.1 Å². The van der Waals surface area contributed by atoms with Gasteiger partial charge in [-0.1, -0.05) is 17.7 Å². The van der Waals surface area contributed by atoms with E-state index < -0.39 is 5.82 Å². The fourth-order valence-electron chi connectivity index (χ4n) is 2.07. The van der Waals surface area contributed by atoms with E-state index in [4.69, 9.17) is 17.3 Å². The summed E-state index contributed by atoms with van der Waals surface area (Å²) in [5, 5.41) is 6.99. The number of aromatic nitrogens is 4. The van der Waals surface area contributed by atoms with Gasteiger partial charge in [-0.2, -0.15) is 5.10 Å². The molecule has 0 aliphatic heterocycles. The first-order valence-electron chi connectivity index (χ1n) is 5.84. The Morgan fingerprint density at radius 1 is 1.35 bits per heavy atom. The normalized spacial score (nSPS) is 10.9. The Labute approximate surface area is 119 Å². The lowest BCUT2D eigenvalue weighted by atomic mass is 10.0. The van der Waals surface area contributed by atoms with Crippen LogP contribution in [0.4, 0.5) is 10.2 Å². The Kier molecular flexibility index (Phi) is 2.94. The van der Waals surface area contributed by atoms with Gasteiger partial charge in [0.2, 0.25) is 0 Å². The predicted molar refractivity (Wildman–Crippen MR) is 75.6 cm³/mol. The first-order chi connectivity index (χ1) is 9.58. The van der Waals surface area contributed by atoms with Crippen molar-refractivity contribution >= 4 is 17.4 Å². The summed E-state index contributed by atoms with van der Waals surface area (Å²) in [6, 6.07) is 4.47. The molecule has 0 unspecified atom stereocenters. The van der Waals surface area contributed by atoms with Crippen molar-refractivity contribution in [1.29, 1.82) is 0 Å². The van der Waals surface area contributed by atoms with Crippen molar-refractivity contribution < 1.29 is 4.39 Å². The molecule has 2 heterocycles. The van der Waals surface area contributed by atoms with E-state index in [1.807, 2.05) is 7.05 Å². The highest BCUT2D eigenvalue weighted by Gasteiger charge is 2.21. The van der Waals surface area contributed by atoms with Crippen LogP contribution in [0.15, 0.2) is 30.7 Å². The molecular weight excluding hydrogens is 281 g/mol. The van der Waals surface area contributed by atoms with Crippen molar-refractivity contribution in [3.8, 4) is 22.5 Å². The Bertz CT molecular complexity index is 757. The van der Waals surface area contributed by atoms with Crippen LogP contribution in [0.5, 0.6) is 0 Å². The molecule has 2 aromatic heterocycles. The molecule has 3 N–H and O–H groups in total. The highest BCUT2D eigenvalue weighted by Crippen LogP contribution is 2.39. The lowest BCUT2D eigenvalue weighted by Gasteiger charge is -2.06. The van der Waals surface area contributed by atoms with E-state index in [0.29, 0.717) is 17.0 Å². The number of nitrogens with two attached hydrogens (primary N) is 1. The molecule has 1 aromatic carbocycles. The average molecular weight is 292 g/mol. The van der Waals surface area contributed by atoms with Gasteiger partial charge in [0.05, 0.1) is 22.6 Å². The molecule has 3 aromatic rings. The number of aryl methyl sites for hydroxylation is 1. The van der Waals surface area contributed by atoms with E-state index in [9.17, 15) is 4.39 Å². The maximum absolute atomic E-state index is 14.1. The molecule has 5 nitrogen and oxygen atoms in total. The van der Waals surface area contributed by atoms with E-state index in [-0.39, 0.29) is 16.4 Å². The summed E-state index contributed by atoms with van der Waals surface area (Å²) < 4.78 is 15.9. The van der Waals surface area contributed by atoms with E-state index in [1.54, 1.807) is 23.2 Å². The second-order valence-electron chi connectivity index (χ2n) is 4.38. The molecule has 0 radical (unpaired) electrons. The van der Waals surface area contributed by atoms with Gasteiger partial charge >= 0.3 is 0 Å². The number of nitrogen functional groups attached to an aromatic ring is 1. The zero-order valence-corrected chi connectivity index (χ0v) is 11.3. The molecule has 0 aliphatic carbocycles. The number of rotatable bonds is 2. The van der Waals surface area contributed by atoms with Crippen LogP contribution < -0.4 is 5.73 Å². The van der Waals surface area contributed by atoms with Crippen LogP contribution in [0.3, 0.4) is 0 Å². The number of H-pyrrole nitrogens is 1. The van der Waals surface area contributed by atoms with Gasteiger partial charge in [0.15, 0.2) is 5.82 Å². The Hall–Kier alpha value is -2.34. The van der Waals surface area contributed by atoms with Gasteiger partial charge < -0.3 is 10.3 Å². The van der Waals surface area contributed by atoms with Gasteiger partial charge in [-0.3, -0.25) is 5.10 Å². The van der Waals surface area contributed by atoms with Crippen LogP contribution in [-0.4, -0.2) is 19.7 Å². The molecule has 0 spiro atoms.